The van der Waals surface area contributed by atoms with E-state index in [4.69, 9.17) is 17.3 Å². The van der Waals surface area contributed by atoms with Crippen LogP contribution in [-0.4, -0.2) is 29.4 Å². The first-order valence-corrected chi connectivity index (χ1v) is 7.53. The molecule has 0 saturated heterocycles. The molecule has 1 fully saturated rings. The number of nitrogens with zero attached hydrogens (tertiary/aromatic N) is 1. The average molecular weight is 317 g/mol. The van der Waals surface area contributed by atoms with Crippen LogP contribution in [0.3, 0.4) is 0 Å². The summed E-state index contributed by atoms with van der Waals surface area (Å²) in [4.78, 5) is 14.1. The smallest absolute Gasteiger partial charge is 0.257 e. The fourth-order valence-corrected chi connectivity index (χ4v) is 2.97. The molecule has 2 rings (SSSR count). The van der Waals surface area contributed by atoms with Gasteiger partial charge in [0, 0.05) is 18.6 Å². The maximum absolute atomic E-state index is 13.9. The first-order chi connectivity index (χ1) is 9.93. The molecule has 1 aromatic rings. The maximum atomic E-state index is 13.9. The summed E-state index contributed by atoms with van der Waals surface area (Å²) in [5, 5.41) is -0.323. The zero-order valence-electron chi connectivity index (χ0n) is 11.9. The molecule has 0 radical (unpaired) electrons. The van der Waals surface area contributed by atoms with Crippen molar-refractivity contribution in [2.75, 3.05) is 6.54 Å². The third-order valence-electron chi connectivity index (χ3n) is 4.02. The normalized spacial score (nSPS) is 22.1. The van der Waals surface area contributed by atoms with E-state index in [0.29, 0.717) is 6.54 Å². The van der Waals surface area contributed by atoms with Gasteiger partial charge in [-0.05, 0) is 44.7 Å². The Hall–Kier alpha value is -1.20. The average Bonchev–Trinajstić information content (AvgIpc) is 2.45. The van der Waals surface area contributed by atoms with E-state index >= 15 is 0 Å². The van der Waals surface area contributed by atoms with Crippen molar-refractivity contribution in [3.8, 4) is 0 Å². The minimum atomic E-state index is -0.794. The Morgan fingerprint density at radius 2 is 1.90 bits per heavy atom. The molecular formula is C15H19ClF2N2O. The van der Waals surface area contributed by atoms with Crippen LogP contribution < -0.4 is 5.73 Å². The molecule has 2 N–H and O–H groups in total. The highest BCUT2D eigenvalue weighted by molar-refractivity contribution is 6.30. The van der Waals surface area contributed by atoms with Crippen molar-refractivity contribution in [2.45, 2.75) is 44.7 Å². The molecule has 1 amide bonds. The summed E-state index contributed by atoms with van der Waals surface area (Å²) < 4.78 is 27.4. The Balaban J connectivity index is 2.22. The number of halogens is 3. The number of hydrogen-bond donors (Lipinski definition) is 1. The lowest BCUT2D eigenvalue weighted by molar-refractivity contribution is 0.0635. The summed E-state index contributed by atoms with van der Waals surface area (Å²) in [6, 6.07) is 1.91. The molecule has 6 heteroatoms. The number of carbonyl (C=O) groups is 1. The molecular weight excluding hydrogens is 298 g/mol. The van der Waals surface area contributed by atoms with Gasteiger partial charge in [-0.3, -0.25) is 4.79 Å². The summed E-state index contributed by atoms with van der Waals surface area (Å²) >= 11 is 5.51. The van der Waals surface area contributed by atoms with Crippen LogP contribution >= 0.6 is 11.6 Å². The largest absolute Gasteiger partial charge is 0.336 e. The molecule has 1 aliphatic rings. The van der Waals surface area contributed by atoms with Crippen LogP contribution in [-0.2, 0) is 0 Å². The lowest BCUT2D eigenvalue weighted by atomic mass is 9.90. The number of benzene rings is 1. The second-order valence-electron chi connectivity index (χ2n) is 5.41. The van der Waals surface area contributed by atoms with Gasteiger partial charge in [-0.15, -0.1) is 0 Å². The van der Waals surface area contributed by atoms with Crippen LogP contribution in [0.2, 0.25) is 5.02 Å². The first kappa shape index (κ1) is 16.2. The molecule has 0 bridgehead atoms. The molecule has 116 valence electrons. The van der Waals surface area contributed by atoms with Crippen molar-refractivity contribution in [2.24, 2.45) is 5.73 Å². The van der Waals surface area contributed by atoms with Gasteiger partial charge in [-0.2, -0.15) is 0 Å². The lowest BCUT2D eigenvalue weighted by Gasteiger charge is -2.35. The third-order valence-corrected chi connectivity index (χ3v) is 4.31. The van der Waals surface area contributed by atoms with Gasteiger partial charge in [-0.25, -0.2) is 8.78 Å². The topological polar surface area (TPSA) is 46.3 Å². The Morgan fingerprint density at radius 3 is 2.48 bits per heavy atom. The zero-order valence-corrected chi connectivity index (χ0v) is 12.7. The van der Waals surface area contributed by atoms with E-state index in [2.05, 4.69) is 0 Å². The van der Waals surface area contributed by atoms with Crippen molar-refractivity contribution < 1.29 is 13.6 Å². The highest BCUT2D eigenvalue weighted by Gasteiger charge is 2.29. The summed E-state index contributed by atoms with van der Waals surface area (Å²) in [5.41, 5.74) is 5.59. The number of carbonyl (C=O) groups excluding carboxylic acids is 1. The van der Waals surface area contributed by atoms with E-state index in [9.17, 15) is 13.6 Å². The number of nitrogens with two attached hydrogens (primary N) is 1. The predicted octanol–water partition coefficient (Wildman–Crippen LogP) is 3.35. The fourth-order valence-electron chi connectivity index (χ4n) is 2.82. The fraction of sp³-hybridized carbons (Fsp3) is 0.533. The third kappa shape index (κ3) is 3.52. The van der Waals surface area contributed by atoms with E-state index in [-0.39, 0.29) is 22.7 Å². The monoisotopic (exact) mass is 316 g/mol. The van der Waals surface area contributed by atoms with Crippen LogP contribution in [0.15, 0.2) is 12.1 Å². The highest BCUT2D eigenvalue weighted by atomic mass is 35.5. The van der Waals surface area contributed by atoms with Crippen molar-refractivity contribution in [3.63, 3.8) is 0 Å². The Morgan fingerprint density at radius 1 is 1.29 bits per heavy atom. The SMILES string of the molecule is CCN(C(=O)c1cc(F)c(Cl)cc1F)C1CCC(N)CC1. The van der Waals surface area contributed by atoms with Crippen molar-refractivity contribution in [1.82, 2.24) is 4.90 Å². The van der Waals surface area contributed by atoms with Crippen LogP contribution in [0.1, 0.15) is 43.0 Å². The van der Waals surface area contributed by atoms with Gasteiger partial charge in [0.15, 0.2) is 0 Å². The molecule has 0 spiro atoms. The van der Waals surface area contributed by atoms with E-state index in [1.54, 1.807) is 4.90 Å². The summed E-state index contributed by atoms with van der Waals surface area (Å²) in [6.45, 7) is 2.28. The second kappa shape index (κ2) is 6.71. The van der Waals surface area contributed by atoms with E-state index in [0.717, 1.165) is 37.8 Å². The minimum absolute atomic E-state index is 0.0282. The number of rotatable bonds is 3. The van der Waals surface area contributed by atoms with Gasteiger partial charge in [0.2, 0.25) is 0 Å². The quantitative estimate of drug-likeness (QED) is 0.869. The molecule has 1 saturated carbocycles. The number of amides is 1. The molecule has 21 heavy (non-hydrogen) atoms. The zero-order chi connectivity index (χ0) is 15.6. The Bertz CT molecular complexity index is 531. The van der Waals surface area contributed by atoms with Gasteiger partial charge >= 0.3 is 0 Å². The van der Waals surface area contributed by atoms with Crippen molar-refractivity contribution >= 4 is 17.5 Å². The first-order valence-electron chi connectivity index (χ1n) is 7.15. The van der Waals surface area contributed by atoms with Crippen molar-refractivity contribution in [1.29, 1.82) is 0 Å². The maximum Gasteiger partial charge on any atom is 0.257 e. The Labute approximate surface area is 128 Å². The van der Waals surface area contributed by atoms with Crippen LogP contribution in [0, 0.1) is 11.6 Å². The molecule has 0 aliphatic heterocycles. The molecule has 0 heterocycles. The van der Waals surface area contributed by atoms with Gasteiger partial charge in [0.25, 0.3) is 5.91 Å². The van der Waals surface area contributed by atoms with Crippen LogP contribution in [0.4, 0.5) is 8.78 Å². The summed E-state index contributed by atoms with van der Waals surface area (Å²) in [5.74, 6) is -2.08. The van der Waals surface area contributed by atoms with E-state index in [1.807, 2.05) is 6.92 Å². The van der Waals surface area contributed by atoms with E-state index in [1.165, 1.54) is 0 Å². The standard InChI is InChI=1S/C15H19ClF2N2O/c1-2-20(10-5-3-9(19)4-6-10)15(21)11-7-14(18)12(16)8-13(11)17/h7-10H,2-6,19H2,1H3. The van der Waals surface area contributed by atoms with Crippen molar-refractivity contribution in [3.05, 3.63) is 34.4 Å². The Kier molecular flexibility index (Phi) is 5.17. The van der Waals surface area contributed by atoms with Gasteiger partial charge < -0.3 is 10.6 Å². The number of hydrogen-bond acceptors (Lipinski definition) is 2. The molecule has 0 aromatic heterocycles. The van der Waals surface area contributed by atoms with E-state index < -0.39 is 17.5 Å². The van der Waals surface area contributed by atoms with Crippen LogP contribution in [0.25, 0.3) is 0 Å². The lowest BCUT2D eigenvalue weighted by Crippen LogP contribution is -2.44. The predicted molar refractivity (Wildman–Crippen MR) is 78.3 cm³/mol. The van der Waals surface area contributed by atoms with Crippen LogP contribution in [0.5, 0.6) is 0 Å². The highest BCUT2D eigenvalue weighted by Crippen LogP contribution is 2.26. The second-order valence-corrected chi connectivity index (χ2v) is 5.81. The summed E-state index contributed by atoms with van der Waals surface area (Å²) in [6.07, 6.45) is 3.26. The molecule has 1 aromatic carbocycles. The minimum Gasteiger partial charge on any atom is -0.336 e. The molecule has 0 atom stereocenters. The summed E-state index contributed by atoms with van der Waals surface area (Å²) in [7, 11) is 0. The molecule has 1 aliphatic carbocycles. The molecule has 3 nitrogen and oxygen atoms in total. The van der Waals surface area contributed by atoms with Gasteiger partial charge in [0.05, 0.1) is 10.6 Å². The molecule has 0 unspecified atom stereocenters. The van der Waals surface area contributed by atoms with Gasteiger partial charge in [-0.1, -0.05) is 11.6 Å². The van der Waals surface area contributed by atoms with Gasteiger partial charge in [0.1, 0.15) is 11.6 Å².